The van der Waals surface area contributed by atoms with Crippen molar-refractivity contribution in [2.24, 2.45) is 5.92 Å². The molecule has 0 saturated heterocycles. The van der Waals surface area contributed by atoms with Crippen LogP contribution in [0.1, 0.15) is 30.8 Å². The second-order valence-corrected chi connectivity index (χ2v) is 6.40. The molecule has 0 atom stereocenters. The summed E-state index contributed by atoms with van der Waals surface area (Å²) in [7, 11) is 0. The zero-order chi connectivity index (χ0) is 18.4. The molecule has 7 nitrogen and oxygen atoms in total. The van der Waals surface area contributed by atoms with Gasteiger partial charge in [-0.15, -0.1) is 10.2 Å². The van der Waals surface area contributed by atoms with Gasteiger partial charge in [0.2, 0.25) is 0 Å². The largest absolute Gasteiger partial charge is 0.322 e. The Bertz CT molecular complexity index is 842. The number of anilines is 3. The second kappa shape index (κ2) is 8.24. The predicted molar refractivity (Wildman–Crippen MR) is 101 cm³/mol. The molecule has 0 aliphatic rings. The summed E-state index contributed by atoms with van der Waals surface area (Å²) in [5.74, 6) is 1.57. The lowest BCUT2D eigenvalue weighted by Crippen LogP contribution is -2.14. The molecule has 26 heavy (non-hydrogen) atoms. The number of hydrogen-bond donors (Lipinski definition) is 2. The average molecular weight is 350 g/mol. The first kappa shape index (κ1) is 17.6. The van der Waals surface area contributed by atoms with E-state index in [4.69, 9.17) is 0 Å². The Morgan fingerprint density at radius 2 is 1.85 bits per heavy atom. The normalized spacial score (nSPS) is 10.7. The molecular weight excluding hydrogens is 328 g/mol. The number of carbonyl (C=O) groups excluding carboxylic acids is 1. The molecule has 0 bridgehead atoms. The number of aryl methyl sites for hydroxylation is 1. The van der Waals surface area contributed by atoms with Gasteiger partial charge in [-0.1, -0.05) is 32.0 Å². The maximum atomic E-state index is 12.2. The highest BCUT2D eigenvalue weighted by Gasteiger charge is 2.09. The lowest BCUT2D eigenvalue weighted by atomic mass is 10.1. The van der Waals surface area contributed by atoms with Gasteiger partial charge >= 0.3 is 0 Å². The van der Waals surface area contributed by atoms with Crippen LogP contribution in [0, 0.1) is 5.92 Å². The Hall–Kier alpha value is -3.22. The Morgan fingerprint density at radius 3 is 2.54 bits per heavy atom. The minimum absolute atomic E-state index is 0.252. The Morgan fingerprint density at radius 1 is 1.04 bits per heavy atom. The molecule has 0 unspecified atom stereocenters. The predicted octanol–water partition coefficient (Wildman–Crippen LogP) is 3.72. The Balaban J connectivity index is 1.58. The van der Waals surface area contributed by atoms with Crippen LogP contribution in [0.5, 0.6) is 0 Å². The lowest BCUT2D eigenvalue weighted by molar-refractivity contribution is 0.102. The van der Waals surface area contributed by atoms with E-state index in [1.165, 1.54) is 0 Å². The van der Waals surface area contributed by atoms with Crippen molar-refractivity contribution in [3.8, 4) is 0 Å². The number of benzene rings is 1. The standard InChI is InChI=1S/C19H22N6O/c1-14(2)10-12-25-13-11-18(24-25)21-17-9-8-16(22-23-17)19(26)20-15-6-4-3-5-7-15/h3-9,11,13-14H,10,12H2,1-2H3,(H,20,26)(H,21,23,24). The molecule has 0 aliphatic carbocycles. The zero-order valence-corrected chi connectivity index (χ0v) is 14.9. The SMILES string of the molecule is CC(C)CCn1ccc(Nc2ccc(C(=O)Nc3ccccc3)nn2)n1. The monoisotopic (exact) mass is 350 g/mol. The summed E-state index contributed by atoms with van der Waals surface area (Å²) in [6.45, 7) is 5.26. The molecule has 0 spiro atoms. The van der Waals surface area contributed by atoms with Gasteiger partial charge < -0.3 is 10.6 Å². The Labute approximate surface area is 152 Å². The van der Waals surface area contributed by atoms with E-state index < -0.39 is 0 Å². The van der Waals surface area contributed by atoms with Crippen molar-refractivity contribution < 1.29 is 4.79 Å². The van der Waals surface area contributed by atoms with Gasteiger partial charge in [-0.3, -0.25) is 9.48 Å². The number of carbonyl (C=O) groups is 1. The van der Waals surface area contributed by atoms with Crippen molar-refractivity contribution in [3.63, 3.8) is 0 Å². The lowest BCUT2D eigenvalue weighted by Gasteiger charge is -2.06. The van der Waals surface area contributed by atoms with Crippen molar-refractivity contribution in [3.05, 3.63) is 60.4 Å². The highest BCUT2D eigenvalue weighted by atomic mass is 16.1. The van der Waals surface area contributed by atoms with E-state index in [0.717, 1.165) is 13.0 Å². The van der Waals surface area contributed by atoms with Gasteiger partial charge in [0.25, 0.3) is 5.91 Å². The van der Waals surface area contributed by atoms with E-state index >= 15 is 0 Å². The van der Waals surface area contributed by atoms with Gasteiger partial charge in [0, 0.05) is 24.5 Å². The van der Waals surface area contributed by atoms with Gasteiger partial charge in [-0.05, 0) is 36.6 Å². The van der Waals surface area contributed by atoms with Crippen molar-refractivity contribution in [1.29, 1.82) is 0 Å². The third-order valence-corrected chi connectivity index (χ3v) is 3.76. The summed E-state index contributed by atoms with van der Waals surface area (Å²) >= 11 is 0. The fourth-order valence-electron chi connectivity index (χ4n) is 2.31. The van der Waals surface area contributed by atoms with Crippen molar-refractivity contribution >= 4 is 23.2 Å². The van der Waals surface area contributed by atoms with Gasteiger partial charge in [-0.2, -0.15) is 5.10 Å². The molecule has 2 aromatic heterocycles. The zero-order valence-electron chi connectivity index (χ0n) is 14.9. The van der Waals surface area contributed by atoms with E-state index in [1.807, 2.05) is 47.3 Å². The van der Waals surface area contributed by atoms with Crippen LogP contribution in [0.25, 0.3) is 0 Å². The highest BCUT2D eigenvalue weighted by Crippen LogP contribution is 2.13. The van der Waals surface area contributed by atoms with Gasteiger partial charge in [-0.25, -0.2) is 0 Å². The molecule has 0 aliphatic heterocycles. The fourth-order valence-corrected chi connectivity index (χ4v) is 2.31. The van der Waals surface area contributed by atoms with Crippen LogP contribution in [0.15, 0.2) is 54.7 Å². The number of hydrogen-bond acceptors (Lipinski definition) is 5. The van der Waals surface area contributed by atoms with Crippen molar-refractivity contribution in [2.75, 3.05) is 10.6 Å². The quantitative estimate of drug-likeness (QED) is 0.678. The summed E-state index contributed by atoms with van der Waals surface area (Å²) in [4.78, 5) is 12.2. The first-order valence-electron chi connectivity index (χ1n) is 8.61. The average Bonchev–Trinajstić information content (AvgIpc) is 3.09. The highest BCUT2D eigenvalue weighted by molar-refractivity contribution is 6.02. The van der Waals surface area contributed by atoms with Crippen LogP contribution < -0.4 is 10.6 Å². The molecule has 3 rings (SSSR count). The number of amides is 1. The maximum absolute atomic E-state index is 12.2. The number of nitrogens with one attached hydrogen (secondary N) is 2. The molecular formula is C19H22N6O. The van der Waals surface area contributed by atoms with Crippen LogP contribution in [-0.2, 0) is 6.54 Å². The van der Waals surface area contributed by atoms with Crippen LogP contribution in [-0.4, -0.2) is 25.9 Å². The maximum Gasteiger partial charge on any atom is 0.276 e. The van der Waals surface area contributed by atoms with Crippen LogP contribution in [0.4, 0.5) is 17.3 Å². The molecule has 2 heterocycles. The summed E-state index contributed by atoms with van der Waals surface area (Å²) in [6.07, 6.45) is 3.01. The van der Waals surface area contributed by atoms with Gasteiger partial charge in [0.15, 0.2) is 17.3 Å². The van der Waals surface area contributed by atoms with E-state index in [9.17, 15) is 4.79 Å². The van der Waals surface area contributed by atoms with Gasteiger partial charge in [0.05, 0.1) is 0 Å². The minimum atomic E-state index is -0.298. The van der Waals surface area contributed by atoms with Crippen LogP contribution in [0.2, 0.25) is 0 Å². The molecule has 0 radical (unpaired) electrons. The summed E-state index contributed by atoms with van der Waals surface area (Å²) in [5, 5.41) is 18.3. The van der Waals surface area contributed by atoms with E-state index in [-0.39, 0.29) is 11.6 Å². The van der Waals surface area contributed by atoms with Crippen LogP contribution in [0.3, 0.4) is 0 Å². The molecule has 0 saturated carbocycles. The van der Waals surface area contributed by atoms with Gasteiger partial charge in [0.1, 0.15) is 0 Å². The third kappa shape index (κ3) is 4.89. The molecule has 134 valence electrons. The summed E-state index contributed by atoms with van der Waals surface area (Å²) in [5.41, 5.74) is 0.968. The fraction of sp³-hybridized carbons (Fsp3) is 0.263. The number of aromatic nitrogens is 4. The third-order valence-electron chi connectivity index (χ3n) is 3.76. The van der Waals surface area contributed by atoms with Crippen LogP contribution >= 0.6 is 0 Å². The van der Waals surface area contributed by atoms with E-state index in [2.05, 4.69) is 39.8 Å². The molecule has 2 N–H and O–H groups in total. The van der Waals surface area contributed by atoms with Crippen molar-refractivity contribution in [2.45, 2.75) is 26.8 Å². The number of rotatable bonds is 7. The first-order valence-corrected chi connectivity index (χ1v) is 8.61. The van der Waals surface area contributed by atoms with E-state index in [0.29, 0.717) is 23.2 Å². The summed E-state index contributed by atoms with van der Waals surface area (Å²) < 4.78 is 1.90. The summed E-state index contributed by atoms with van der Waals surface area (Å²) in [6, 6.07) is 14.5. The second-order valence-electron chi connectivity index (χ2n) is 6.40. The van der Waals surface area contributed by atoms with Crippen molar-refractivity contribution in [1.82, 2.24) is 20.0 Å². The number of nitrogens with zero attached hydrogens (tertiary/aromatic N) is 4. The molecule has 7 heteroatoms. The smallest absolute Gasteiger partial charge is 0.276 e. The molecule has 1 aromatic carbocycles. The first-order chi connectivity index (χ1) is 12.6. The molecule has 0 fully saturated rings. The number of para-hydroxylation sites is 1. The molecule has 3 aromatic rings. The van der Waals surface area contributed by atoms with E-state index in [1.54, 1.807) is 12.1 Å². The minimum Gasteiger partial charge on any atom is -0.322 e. The molecule has 1 amide bonds. The topological polar surface area (TPSA) is 84.7 Å². The Kier molecular flexibility index (Phi) is 5.58.